The van der Waals surface area contributed by atoms with Crippen molar-refractivity contribution in [2.45, 2.75) is 97.1 Å². The Morgan fingerprint density at radius 3 is 2.52 bits per heavy atom. The van der Waals surface area contributed by atoms with Crippen molar-refractivity contribution in [3.63, 3.8) is 0 Å². The molecule has 5 heteroatoms. The number of hydrogen-bond donors (Lipinski definition) is 0. The van der Waals surface area contributed by atoms with Gasteiger partial charge in [-0.05, 0) is 110 Å². The summed E-state index contributed by atoms with van der Waals surface area (Å²) in [5, 5.41) is 2.39. The maximum atomic E-state index is 6.67. The number of aromatic nitrogens is 2. The highest BCUT2D eigenvalue weighted by Gasteiger charge is 2.44. The van der Waals surface area contributed by atoms with E-state index in [0.717, 1.165) is 52.7 Å². The van der Waals surface area contributed by atoms with Crippen molar-refractivity contribution in [3.05, 3.63) is 95.2 Å². The Kier molecular flexibility index (Phi) is 6.84. The third-order valence-electron chi connectivity index (χ3n) is 9.52. The maximum absolute atomic E-state index is 6.67. The van der Waals surface area contributed by atoms with Crippen LogP contribution in [0, 0.1) is 6.92 Å². The van der Waals surface area contributed by atoms with Crippen LogP contribution in [0.4, 0.5) is 0 Å². The van der Waals surface area contributed by atoms with Gasteiger partial charge in [-0.3, -0.25) is 4.57 Å². The van der Waals surface area contributed by atoms with Gasteiger partial charge in [0.1, 0.15) is 22.9 Å². The van der Waals surface area contributed by atoms with Crippen LogP contribution in [0.3, 0.4) is 0 Å². The zero-order chi connectivity index (χ0) is 30.8. The molecule has 3 heterocycles. The van der Waals surface area contributed by atoms with E-state index in [1.54, 1.807) is 0 Å². The van der Waals surface area contributed by atoms with Gasteiger partial charge in [-0.15, -0.1) is 0 Å². The fourth-order valence-electron chi connectivity index (χ4n) is 6.83. The van der Waals surface area contributed by atoms with Gasteiger partial charge in [0.2, 0.25) is 5.90 Å². The molecule has 2 aliphatic rings. The summed E-state index contributed by atoms with van der Waals surface area (Å²) in [6, 6.07) is 24.1. The second-order valence-corrected chi connectivity index (χ2v) is 14.3. The van der Waals surface area contributed by atoms with Gasteiger partial charge in [-0.2, -0.15) is 0 Å². The van der Waals surface area contributed by atoms with Gasteiger partial charge in [0, 0.05) is 28.6 Å². The summed E-state index contributed by atoms with van der Waals surface area (Å²) in [5.41, 5.74) is 6.71. The lowest BCUT2D eigenvalue weighted by Crippen LogP contribution is -2.39. The minimum Gasteiger partial charge on any atom is -0.469 e. The normalized spacial score (nSPS) is 20.2. The summed E-state index contributed by atoms with van der Waals surface area (Å²) < 4.78 is 15.5. The number of aryl methyl sites for hydroxylation is 1. The van der Waals surface area contributed by atoms with Crippen molar-refractivity contribution in [1.82, 2.24) is 9.55 Å². The minimum absolute atomic E-state index is 0.0168. The third-order valence-corrected chi connectivity index (χ3v) is 9.52. The van der Waals surface area contributed by atoms with Gasteiger partial charge in [-0.1, -0.05) is 52.7 Å². The number of fused-ring (bicyclic) bond motifs is 4. The molecule has 226 valence electrons. The average Bonchev–Trinajstić information content (AvgIpc) is 3.51. The Hall–Kier alpha value is -4.12. The van der Waals surface area contributed by atoms with Gasteiger partial charge in [0.15, 0.2) is 0 Å². The molecule has 2 aromatic heterocycles. The van der Waals surface area contributed by atoms with E-state index in [2.05, 4.69) is 120 Å². The fraction of sp³-hybridized carbons (Fsp3) is 0.385. The SMILES string of the molecule is Cc1ccc2c(c1)c1ccc(Oc3cc(C4=N[C@H]5CCCC[C@]5(C)O4)cc(C(C)C)c3)cc1n2-c1cc(C(C)(C)C)ccn1. The van der Waals surface area contributed by atoms with Gasteiger partial charge >= 0.3 is 0 Å². The molecule has 7 rings (SSSR count). The number of nitrogens with zero attached hydrogens (tertiary/aromatic N) is 3. The summed E-state index contributed by atoms with van der Waals surface area (Å²) >= 11 is 0. The zero-order valence-corrected chi connectivity index (χ0v) is 27.1. The molecule has 1 fully saturated rings. The molecular formula is C39H43N3O2. The van der Waals surface area contributed by atoms with E-state index in [4.69, 9.17) is 19.5 Å². The highest BCUT2D eigenvalue weighted by atomic mass is 16.5. The van der Waals surface area contributed by atoms with E-state index in [1.165, 1.54) is 40.3 Å². The summed E-state index contributed by atoms with van der Waals surface area (Å²) in [5.74, 6) is 3.58. The topological polar surface area (TPSA) is 48.6 Å². The molecule has 5 aromatic rings. The quantitative estimate of drug-likeness (QED) is 0.206. The predicted molar refractivity (Wildman–Crippen MR) is 181 cm³/mol. The molecule has 1 aliphatic heterocycles. The lowest BCUT2D eigenvalue weighted by atomic mass is 9.82. The average molecular weight is 586 g/mol. The van der Waals surface area contributed by atoms with E-state index in [0.29, 0.717) is 5.92 Å². The smallest absolute Gasteiger partial charge is 0.217 e. The number of aliphatic imine (C=N–C) groups is 1. The standard InChI is InChI=1S/C39H43N3O2/c1-24(2)26-19-27(37-41-35-10-8-9-16-39(35,7)44-37)21-30(20-26)43-29-12-13-31-32-18-25(3)11-14-33(32)42(34(31)23-29)36-22-28(15-17-40-36)38(4,5)6/h11-15,17-24,35H,8-10,16H2,1-7H3/t35-,39-/m0/s1. The van der Waals surface area contributed by atoms with Crippen LogP contribution in [0.15, 0.2) is 77.9 Å². The Morgan fingerprint density at radius 2 is 1.75 bits per heavy atom. The van der Waals surface area contributed by atoms with Crippen LogP contribution in [0.1, 0.15) is 95.4 Å². The highest BCUT2D eigenvalue weighted by Crippen LogP contribution is 2.41. The van der Waals surface area contributed by atoms with Crippen LogP contribution in [0.5, 0.6) is 11.5 Å². The van der Waals surface area contributed by atoms with E-state index in [-0.39, 0.29) is 17.1 Å². The monoisotopic (exact) mass is 585 g/mol. The van der Waals surface area contributed by atoms with Gasteiger partial charge in [-0.25, -0.2) is 9.98 Å². The van der Waals surface area contributed by atoms with Crippen molar-refractivity contribution < 1.29 is 9.47 Å². The van der Waals surface area contributed by atoms with Crippen LogP contribution in [0.25, 0.3) is 27.6 Å². The zero-order valence-electron chi connectivity index (χ0n) is 27.1. The molecule has 3 aromatic carbocycles. The summed E-state index contributed by atoms with van der Waals surface area (Å²) in [7, 11) is 0. The number of hydrogen-bond acceptors (Lipinski definition) is 4. The summed E-state index contributed by atoms with van der Waals surface area (Å²) in [4.78, 5) is 9.92. The van der Waals surface area contributed by atoms with Crippen molar-refractivity contribution in [2.75, 3.05) is 0 Å². The molecule has 1 saturated carbocycles. The van der Waals surface area contributed by atoms with Gasteiger partial charge in [0.05, 0.1) is 17.1 Å². The molecule has 0 unspecified atom stereocenters. The third kappa shape index (κ3) is 5.06. The largest absolute Gasteiger partial charge is 0.469 e. The lowest BCUT2D eigenvalue weighted by molar-refractivity contribution is 0.0446. The molecule has 0 spiro atoms. The van der Waals surface area contributed by atoms with Crippen LogP contribution in [0.2, 0.25) is 0 Å². The Bertz CT molecular complexity index is 1930. The molecule has 0 bridgehead atoms. The lowest BCUT2D eigenvalue weighted by Gasteiger charge is -2.33. The highest BCUT2D eigenvalue weighted by molar-refractivity contribution is 6.09. The van der Waals surface area contributed by atoms with E-state index < -0.39 is 0 Å². The van der Waals surface area contributed by atoms with Crippen molar-refractivity contribution in [1.29, 1.82) is 0 Å². The van der Waals surface area contributed by atoms with E-state index in [9.17, 15) is 0 Å². The molecule has 5 nitrogen and oxygen atoms in total. The Labute approximate surface area is 260 Å². The second-order valence-electron chi connectivity index (χ2n) is 14.3. The molecule has 2 atom stereocenters. The van der Waals surface area contributed by atoms with Gasteiger partial charge in [0.25, 0.3) is 0 Å². The van der Waals surface area contributed by atoms with Crippen LogP contribution < -0.4 is 4.74 Å². The predicted octanol–water partition coefficient (Wildman–Crippen LogP) is 10.2. The first kappa shape index (κ1) is 28.6. The van der Waals surface area contributed by atoms with Crippen LogP contribution >= 0.6 is 0 Å². The maximum Gasteiger partial charge on any atom is 0.217 e. The number of ether oxygens (including phenoxy) is 2. The molecule has 0 N–H and O–H groups in total. The van der Waals surface area contributed by atoms with Crippen molar-refractivity contribution in [3.8, 4) is 17.3 Å². The summed E-state index contributed by atoms with van der Waals surface area (Å²) in [6.07, 6.45) is 6.49. The van der Waals surface area contributed by atoms with E-state index >= 15 is 0 Å². The Balaban J connectivity index is 1.32. The van der Waals surface area contributed by atoms with Crippen molar-refractivity contribution in [2.24, 2.45) is 4.99 Å². The molecule has 1 aliphatic carbocycles. The second kappa shape index (κ2) is 10.5. The number of rotatable bonds is 5. The molecular weight excluding hydrogens is 542 g/mol. The molecule has 44 heavy (non-hydrogen) atoms. The molecule has 0 amide bonds. The van der Waals surface area contributed by atoms with Crippen LogP contribution in [-0.2, 0) is 10.2 Å². The van der Waals surface area contributed by atoms with E-state index in [1.807, 2.05) is 6.20 Å². The molecule has 0 radical (unpaired) electrons. The van der Waals surface area contributed by atoms with Gasteiger partial charge < -0.3 is 9.47 Å². The van der Waals surface area contributed by atoms with Crippen molar-refractivity contribution >= 4 is 27.7 Å². The summed E-state index contributed by atoms with van der Waals surface area (Å²) in [6.45, 7) is 15.5. The number of pyridine rings is 1. The molecule has 0 saturated heterocycles. The first-order valence-electron chi connectivity index (χ1n) is 16.1. The minimum atomic E-state index is -0.197. The first-order valence-corrected chi connectivity index (χ1v) is 16.1. The first-order chi connectivity index (χ1) is 21.0. The van der Waals surface area contributed by atoms with Crippen LogP contribution in [-0.4, -0.2) is 27.1 Å². The fourth-order valence-corrected chi connectivity index (χ4v) is 6.83. The Morgan fingerprint density at radius 1 is 0.909 bits per heavy atom. The number of benzene rings is 3.